The maximum atomic E-state index is 11.4. The van der Waals surface area contributed by atoms with Gasteiger partial charge in [0.1, 0.15) is 5.76 Å². The van der Waals surface area contributed by atoms with Crippen LogP contribution >= 0.6 is 0 Å². The average Bonchev–Trinajstić information content (AvgIpc) is 3.13. The first kappa shape index (κ1) is 15.1. The molecule has 5 nitrogen and oxygen atoms in total. The van der Waals surface area contributed by atoms with Crippen LogP contribution in [-0.2, 0) is 9.47 Å². The van der Waals surface area contributed by atoms with Crippen molar-refractivity contribution >= 4 is 5.97 Å². The van der Waals surface area contributed by atoms with E-state index in [1.54, 1.807) is 6.07 Å². The molecule has 1 aromatic rings. The third-order valence-corrected chi connectivity index (χ3v) is 3.52. The molecule has 0 spiro atoms. The van der Waals surface area contributed by atoms with Crippen LogP contribution in [0.5, 0.6) is 0 Å². The molecule has 1 aromatic heterocycles. The van der Waals surface area contributed by atoms with E-state index in [1.165, 1.54) is 7.11 Å². The van der Waals surface area contributed by atoms with E-state index in [-0.39, 0.29) is 17.9 Å². The molecule has 2 heterocycles. The Kier molecular flexibility index (Phi) is 5.61. The van der Waals surface area contributed by atoms with Gasteiger partial charge in [0.05, 0.1) is 19.3 Å². The van der Waals surface area contributed by atoms with Crippen molar-refractivity contribution in [3.05, 3.63) is 23.7 Å². The van der Waals surface area contributed by atoms with Gasteiger partial charge in [-0.1, -0.05) is 6.92 Å². The third kappa shape index (κ3) is 3.84. The summed E-state index contributed by atoms with van der Waals surface area (Å²) >= 11 is 0. The van der Waals surface area contributed by atoms with E-state index in [4.69, 9.17) is 9.15 Å². The first-order chi connectivity index (χ1) is 9.74. The lowest BCUT2D eigenvalue weighted by atomic mass is 10.0. The van der Waals surface area contributed by atoms with Crippen molar-refractivity contribution in [2.45, 2.75) is 44.8 Å². The Balaban J connectivity index is 2.04. The summed E-state index contributed by atoms with van der Waals surface area (Å²) in [7, 11) is 1.35. The first-order valence-corrected chi connectivity index (χ1v) is 7.27. The van der Waals surface area contributed by atoms with E-state index in [0.29, 0.717) is 0 Å². The molecule has 0 aliphatic carbocycles. The van der Waals surface area contributed by atoms with Crippen LogP contribution in [0.1, 0.15) is 55.0 Å². The second-order valence-electron chi connectivity index (χ2n) is 5.07. The first-order valence-electron chi connectivity index (χ1n) is 7.27. The summed E-state index contributed by atoms with van der Waals surface area (Å²) in [5.74, 6) is 0.579. The number of ether oxygens (including phenoxy) is 2. The van der Waals surface area contributed by atoms with Crippen LogP contribution < -0.4 is 5.32 Å². The molecule has 1 aliphatic heterocycles. The summed E-state index contributed by atoms with van der Waals surface area (Å²) in [5, 5.41) is 3.46. The van der Waals surface area contributed by atoms with Gasteiger partial charge in [0.25, 0.3) is 0 Å². The summed E-state index contributed by atoms with van der Waals surface area (Å²) in [6, 6.07) is 3.59. The molecular formula is C15H23NO4. The molecule has 0 aromatic carbocycles. The number of hydrogen-bond acceptors (Lipinski definition) is 5. The fraction of sp³-hybridized carbons (Fsp3) is 0.667. The van der Waals surface area contributed by atoms with Gasteiger partial charge in [0.15, 0.2) is 0 Å². The highest BCUT2D eigenvalue weighted by Gasteiger charge is 2.24. The highest BCUT2D eigenvalue weighted by Crippen LogP contribution is 2.26. The monoisotopic (exact) mass is 281 g/mol. The van der Waals surface area contributed by atoms with Crippen molar-refractivity contribution in [2.24, 2.45) is 0 Å². The van der Waals surface area contributed by atoms with E-state index in [1.807, 2.05) is 6.07 Å². The standard InChI is InChI=1S/C15H23NO4/c1-3-8-16-12(10-11-5-4-9-19-11)13-6-7-14(20-13)15(17)18-2/h6-7,11-12,16H,3-5,8-10H2,1-2H3. The van der Waals surface area contributed by atoms with Crippen LogP contribution in [0, 0.1) is 0 Å². The van der Waals surface area contributed by atoms with Gasteiger partial charge >= 0.3 is 5.97 Å². The van der Waals surface area contributed by atoms with E-state index in [9.17, 15) is 4.79 Å². The van der Waals surface area contributed by atoms with Crippen LogP contribution in [0.4, 0.5) is 0 Å². The minimum atomic E-state index is -0.442. The molecule has 1 saturated heterocycles. The Morgan fingerprint density at radius 3 is 3.05 bits per heavy atom. The Morgan fingerprint density at radius 1 is 1.55 bits per heavy atom. The van der Waals surface area contributed by atoms with Crippen molar-refractivity contribution in [2.75, 3.05) is 20.3 Å². The lowest BCUT2D eigenvalue weighted by molar-refractivity contribution is 0.0559. The molecule has 0 bridgehead atoms. The van der Waals surface area contributed by atoms with Gasteiger partial charge in [-0.05, 0) is 44.4 Å². The van der Waals surface area contributed by atoms with E-state index in [2.05, 4.69) is 17.0 Å². The van der Waals surface area contributed by atoms with Crippen molar-refractivity contribution in [1.29, 1.82) is 0 Å². The minimum Gasteiger partial charge on any atom is -0.463 e. The summed E-state index contributed by atoms with van der Waals surface area (Å²) in [6.45, 7) is 3.88. The van der Waals surface area contributed by atoms with E-state index >= 15 is 0 Å². The number of esters is 1. The lowest BCUT2D eigenvalue weighted by Crippen LogP contribution is -2.25. The maximum Gasteiger partial charge on any atom is 0.373 e. The summed E-state index contributed by atoms with van der Waals surface area (Å²) in [5.41, 5.74) is 0. The predicted octanol–water partition coefficient (Wildman–Crippen LogP) is 2.68. The smallest absolute Gasteiger partial charge is 0.373 e. The SMILES string of the molecule is CCCNC(CC1CCCO1)c1ccc(C(=O)OC)o1. The molecule has 0 saturated carbocycles. The molecule has 2 unspecified atom stereocenters. The Morgan fingerprint density at radius 2 is 2.40 bits per heavy atom. The zero-order chi connectivity index (χ0) is 14.4. The normalized spacial score (nSPS) is 20.0. The fourth-order valence-electron chi connectivity index (χ4n) is 2.46. The molecule has 0 amide bonds. The topological polar surface area (TPSA) is 60.7 Å². The number of hydrogen-bond donors (Lipinski definition) is 1. The van der Waals surface area contributed by atoms with Crippen LogP contribution in [0.25, 0.3) is 0 Å². The number of methoxy groups -OCH3 is 1. The van der Waals surface area contributed by atoms with Gasteiger partial charge in [-0.3, -0.25) is 0 Å². The molecular weight excluding hydrogens is 258 g/mol. The zero-order valence-electron chi connectivity index (χ0n) is 12.2. The van der Waals surface area contributed by atoms with Gasteiger partial charge < -0.3 is 19.2 Å². The molecule has 112 valence electrons. The van der Waals surface area contributed by atoms with Gasteiger partial charge in [0, 0.05) is 6.61 Å². The number of furan rings is 1. The zero-order valence-corrected chi connectivity index (χ0v) is 12.2. The largest absolute Gasteiger partial charge is 0.463 e. The van der Waals surface area contributed by atoms with Crippen LogP contribution in [0.2, 0.25) is 0 Å². The molecule has 1 N–H and O–H groups in total. The van der Waals surface area contributed by atoms with E-state index < -0.39 is 5.97 Å². The molecule has 20 heavy (non-hydrogen) atoms. The number of carbonyl (C=O) groups is 1. The van der Waals surface area contributed by atoms with Crippen molar-refractivity contribution in [1.82, 2.24) is 5.32 Å². The number of carbonyl (C=O) groups excluding carboxylic acids is 1. The summed E-state index contributed by atoms with van der Waals surface area (Å²) in [4.78, 5) is 11.4. The Labute approximate surface area is 119 Å². The molecule has 2 atom stereocenters. The summed E-state index contributed by atoms with van der Waals surface area (Å²) in [6.07, 6.45) is 4.41. The number of rotatable bonds is 7. The van der Waals surface area contributed by atoms with Gasteiger partial charge in [0.2, 0.25) is 5.76 Å². The Bertz CT molecular complexity index is 423. The minimum absolute atomic E-state index is 0.0801. The summed E-state index contributed by atoms with van der Waals surface area (Å²) < 4.78 is 16.0. The quantitative estimate of drug-likeness (QED) is 0.779. The predicted molar refractivity (Wildman–Crippen MR) is 74.7 cm³/mol. The van der Waals surface area contributed by atoms with Crippen molar-refractivity contribution in [3.8, 4) is 0 Å². The highest BCUT2D eigenvalue weighted by molar-refractivity contribution is 5.86. The maximum absolute atomic E-state index is 11.4. The second kappa shape index (κ2) is 7.45. The van der Waals surface area contributed by atoms with Gasteiger partial charge in [-0.25, -0.2) is 4.79 Å². The van der Waals surface area contributed by atoms with Gasteiger partial charge in [-0.2, -0.15) is 0 Å². The lowest BCUT2D eigenvalue weighted by Gasteiger charge is -2.19. The highest BCUT2D eigenvalue weighted by atomic mass is 16.5. The number of nitrogens with one attached hydrogen (secondary N) is 1. The third-order valence-electron chi connectivity index (χ3n) is 3.52. The molecule has 2 rings (SSSR count). The van der Waals surface area contributed by atoms with Crippen molar-refractivity contribution < 1.29 is 18.7 Å². The van der Waals surface area contributed by atoms with Crippen LogP contribution in [0.15, 0.2) is 16.5 Å². The molecule has 1 aliphatic rings. The molecule has 1 fully saturated rings. The van der Waals surface area contributed by atoms with Crippen molar-refractivity contribution in [3.63, 3.8) is 0 Å². The van der Waals surface area contributed by atoms with E-state index in [0.717, 1.165) is 44.6 Å². The fourth-order valence-corrected chi connectivity index (χ4v) is 2.46. The van der Waals surface area contributed by atoms with Gasteiger partial charge in [-0.15, -0.1) is 0 Å². The molecule has 5 heteroatoms. The van der Waals surface area contributed by atoms with Crippen LogP contribution in [0.3, 0.4) is 0 Å². The van der Waals surface area contributed by atoms with Crippen LogP contribution in [-0.4, -0.2) is 32.3 Å². The second-order valence-corrected chi connectivity index (χ2v) is 5.07. The molecule has 0 radical (unpaired) electrons. The Hall–Kier alpha value is -1.33. The average molecular weight is 281 g/mol.